The molecule has 1 saturated carbocycles. The number of nitrogens with zero attached hydrogens (tertiary/aromatic N) is 2. The van der Waals surface area contributed by atoms with E-state index in [-0.39, 0.29) is 12.5 Å². The molecule has 5 nitrogen and oxygen atoms in total. The first-order chi connectivity index (χ1) is 9.20. The van der Waals surface area contributed by atoms with Crippen molar-refractivity contribution in [3.8, 4) is 0 Å². The number of aromatic nitrogens is 2. The Bertz CT molecular complexity index is 382. The molecule has 1 aliphatic rings. The second-order valence-electron chi connectivity index (χ2n) is 5.05. The van der Waals surface area contributed by atoms with Crippen LogP contribution in [-0.2, 0) is 0 Å². The largest absolute Gasteiger partial charge is 0.394 e. The van der Waals surface area contributed by atoms with E-state index in [2.05, 4.69) is 31.2 Å². The van der Waals surface area contributed by atoms with Gasteiger partial charge in [0.25, 0.3) is 0 Å². The molecule has 0 amide bonds. The van der Waals surface area contributed by atoms with Crippen molar-refractivity contribution >= 4 is 21.9 Å². The average molecular weight is 330 g/mol. The summed E-state index contributed by atoms with van der Waals surface area (Å²) in [5.74, 6) is 0.686. The van der Waals surface area contributed by atoms with Crippen LogP contribution < -0.4 is 5.32 Å². The number of nitrogens with one attached hydrogen (secondary N) is 1. The topological polar surface area (TPSA) is 78.3 Å². The SMILES string of the molecule is OC[C@H](Nc1ncc(Br)cn1)[C@@H](O)C1CCCCC1. The van der Waals surface area contributed by atoms with Crippen LogP contribution in [0.15, 0.2) is 16.9 Å². The summed E-state index contributed by atoms with van der Waals surface area (Å²) < 4.78 is 0.798. The molecule has 1 aliphatic carbocycles. The van der Waals surface area contributed by atoms with Gasteiger partial charge >= 0.3 is 0 Å². The molecule has 19 heavy (non-hydrogen) atoms. The van der Waals surface area contributed by atoms with Crippen molar-refractivity contribution in [3.05, 3.63) is 16.9 Å². The highest BCUT2D eigenvalue weighted by Crippen LogP contribution is 2.28. The number of anilines is 1. The predicted octanol–water partition coefficient (Wildman–Crippen LogP) is 1.95. The first-order valence-corrected chi connectivity index (χ1v) is 7.53. The van der Waals surface area contributed by atoms with Crippen LogP contribution in [0.3, 0.4) is 0 Å². The van der Waals surface area contributed by atoms with Gasteiger partial charge in [0.05, 0.1) is 23.2 Å². The summed E-state index contributed by atoms with van der Waals surface area (Å²) in [6.45, 7) is -0.128. The van der Waals surface area contributed by atoms with E-state index in [1.807, 2.05) is 0 Å². The van der Waals surface area contributed by atoms with Crippen molar-refractivity contribution in [2.45, 2.75) is 44.2 Å². The highest BCUT2D eigenvalue weighted by Gasteiger charge is 2.28. The lowest BCUT2D eigenvalue weighted by atomic mass is 9.83. The fourth-order valence-corrected chi connectivity index (χ4v) is 2.80. The van der Waals surface area contributed by atoms with E-state index < -0.39 is 12.1 Å². The van der Waals surface area contributed by atoms with Gasteiger partial charge < -0.3 is 15.5 Å². The van der Waals surface area contributed by atoms with E-state index in [0.717, 1.165) is 30.2 Å². The maximum atomic E-state index is 10.4. The number of aliphatic hydroxyl groups is 2. The van der Waals surface area contributed by atoms with Gasteiger partial charge in [-0.05, 0) is 34.7 Å². The summed E-state index contributed by atoms with van der Waals surface area (Å²) in [6, 6.07) is -0.413. The molecule has 0 saturated heterocycles. The minimum absolute atomic E-state index is 0.128. The summed E-state index contributed by atoms with van der Waals surface area (Å²) >= 11 is 3.27. The van der Waals surface area contributed by atoms with Gasteiger partial charge in [0, 0.05) is 12.4 Å². The molecule has 2 rings (SSSR count). The van der Waals surface area contributed by atoms with Crippen LogP contribution in [0.2, 0.25) is 0 Å². The van der Waals surface area contributed by atoms with Gasteiger partial charge in [-0.1, -0.05) is 19.3 Å². The highest BCUT2D eigenvalue weighted by atomic mass is 79.9. The molecule has 106 valence electrons. The molecule has 0 spiro atoms. The molecule has 0 aliphatic heterocycles. The molecular formula is C13H20BrN3O2. The van der Waals surface area contributed by atoms with Crippen LogP contribution in [0, 0.1) is 5.92 Å². The molecule has 0 radical (unpaired) electrons. The Morgan fingerprint density at radius 1 is 1.26 bits per heavy atom. The van der Waals surface area contributed by atoms with Gasteiger partial charge in [-0.3, -0.25) is 0 Å². The first kappa shape index (κ1) is 14.7. The zero-order chi connectivity index (χ0) is 13.7. The van der Waals surface area contributed by atoms with Crippen molar-refractivity contribution in [1.82, 2.24) is 9.97 Å². The van der Waals surface area contributed by atoms with Crippen LogP contribution >= 0.6 is 15.9 Å². The summed E-state index contributed by atoms with van der Waals surface area (Å²) in [7, 11) is 0. The van der Waals surface area contributed by atoms with E-state index in [9.17, 15) is 10.2 Å². The third kappa shape index (κ3) is 4.12. The Labute approximate surface area is 121 Å². The third-order valence-corrected chi connectivity index (χ3v) is 4.09. The van der Waals surface area contributed by atoms with Crippen molar-refractivity contribution in [2.75, 3.05) is 11.9 Å². The van der Waals surface area contributed by atoms with Crippen LogP contribution in [0.25, 0.3) is 0 Å². The second-order valence-corrected chi connectivity index (χ2v) is 5.96. The number of halogens is 1. The van der Waals surface area contributed by atoms with Gasteiger partial charge in [-0.2, -0.15) is 0 Å². The quantitative estimate of drug-likeness (QED) is 0.769. The predicted molar refractivity (Wildman–Crippen MR) is 76.8 cm³/mol. The Hall–Kier alpha value is -0.720. The molecule has 6 heteroatoms. The van der Waals surface area contributed by atoms with E-state index in [4.69, 9.17) is 0 Å². The molecule has 2 atom stereocenters. The fourth-order valence-electron chi connectivity index (χ4n) is 2.60. The number of hydrogen-bond donors (Lipinski definition) is 3. The molecule has 0 unspecified atom stereocenters. The van der Waals surface area contributed by atoms with Crippen molar-refractivity contribution in [1.29, 1.82) is 0 Å². The third-order valence-electron chi connectivity index (χ3n) is 3.68. The van der Waals surface area contributed by atoms with Crippen molar-refractivity contribution < 1.29 is 10.2 Å². The molecule has 1 aromatic rings. The molecule has 0 aromatic carbocycles. The van der Waals surface area contributed by atoms with Gasteiger partial charge in [0.15, 0.2) is 0 Å². The molecular weight excluding hydrogens is 310 g/mol. The molecule has 3 N–H and O–H groups in total. The molecule has 1 aromatic heterocycles. The fraction of sp³-hybridized carbons (Fsp3) is 0.692. The minimum atomic E-state index is -0.558. The van der Waals surface area contributed by atoms with E-state index in [1.165, 1.54) is 6.42 Å². The second kappa shape index (κ2) is 7.17. The Kier molecular flexibility index (Phi) is 5.54. The normalized spacial score (nSPS) is 19.9. The van der Waals surface area contributed by atoms with Crippen molar-refractivity contribution in [2.24, 2.45) is 5.92 Å². The Balaban J connectivity index is 1.96. The van der Waals surface area contributed by atoms with Crippen LogP contribution in [0.1, 0.15) is 32.1 Å². The number of aliphatic hydroxyl groups excluding tert-OH is 2. The first-order valence-electron chi connectivity index (χ1n) is 6.73. The molecule has 0 bridgehead atoms. The summed E-state index contributed by atoms with van der Waals surface area (Å²) in [4.78, 5) is 8.20. The van der Waals surface area contributed by atoms with E-state index >= 15 is 0 Å². The summed E-state index contributed by atoms with van der Waals surface area (Å²) in [6.07, 6.45) is 8.34. The Morgan fingerprint density at radius 3 is 2.47 bits per heavy atom. The molecule has 1 heterocycles. The van der Waals surface area contributed by atoms with Crippen LogP contribution in [0.4, 0.5) is 5.95 Å². The van der Waals surface area contributed by atoms with Crippen LogP contribution in [0.5, 0.6) is 0 Å². The summed E-state index contributed by atoms with van der Waals surface area (Å²) in [5.41, 5.74) is 0. The monoisotopic (exact) mass is 329 g/mol. The summed E-state index contributed by atoms with van der Waals surface area (Å²) in [5, 5.41) is 22.8. The number of hydrogen-bond acceptors (Lipinski definition) is 5. The van der Waals surface area contributed by atoms with Crippen molar-refractivity contribution in [3.63, 3.8) is 0 Å². The van der Waals surface area contributed by atoms with Gasteiger partial charge in [0.1, 0.15) is 0 Å². The lowest BCUT2D eigenvalue weighted by Crippen LogP contribution is -2.42. The lowest BCUT2D eigenvalue weighted by molar-refractivity contribution is 0.0491. The van der Waals surface area contributed by atoms with Gasteiger partial charge in [-0.15, -0.1) is 0 Å². The maximum Gasteiger partial charge on any atom is 0.223 e. The lowest BCUT2D eigenvalue weighted by Gasteiger charge is -2.31. The van der Waals surface area contributed by atoms with E-state index in [0.29, 0.717) is 5.95 Å². The van der Waals surface area contributed by atoms with Gasteiger partial charge in [-0.25, -0.2) is 9.97 Å². The average Bonchev–Trinajstić information content (AvgIpc) is 2.47. The zero-order valence-corrected chi connectivity index (χ0v) is 12.4. The zero-order valence-electron chi connectivity index (χ0n) is 10.8. The highest BCUT2D eigenvalue weighted by molar-refractivity contribution is 9.10. The smallest absolute Gasteiger partial charge is 0.223 e. The Morgan fingerprint density at radius 2 is 1.89 bits per heavy atom. The standard InChI is InChI=1S/C13H20BrN3O2/c14-10-6-15-13(16-7-10)17-11(8-18)12(19)9-4-2-1-3-5-9/h6-7,9,11-12,18-19H,1-5,8H2,(H,15,16,17)/t11-,12-/m0/s1. The number of rotatable bonds is 5. The van der Waals surface area contributed by atoms with Crippen LogP contribution in [-0.4, -0.2) is 38.9 Å². The molecule has 1 fully saturated rings. The van der Waals surface area contributed by atoms with E-state index in [1.54, 1.807) is 12.4 Å². The maximum absolute atomic E-state index is 10.4. The van der Waals surface area contributed by atoms with Gasteiger partial charge in [0.2, 0.25) is 5.95 Å². The minimum Gasteiger partial charge on any atom is -0.394 e.